The molecule has 8 nitrogen and oxygen atoms in total. The van der Waals surface area contributed by atoms with E-state index >= 15 is 0 Å². The van der Waals surface area contributed by atoms with Crippen molar-refractivity contribution in [3.63, 3.8) is 0 Å². The van der Waals surface area contributed by atoms with Gasteiger partial charge < -0.3 is 10.6 Å². The van der Waals surface area contributed by atoms with Crippen LogP contribution in [0.1, 0.15) is 53.7 Å². The highest BCUT2D eigenvalue weighted by Gasteiger charge is 2.24. The van der Waals surface area contributed by atoms with E-state index in [9.17, 15) is 9.59 Å². The van der Waals surface area contributed by atoms with Crippen LogP contribution in [0.15, 0.2) is 53.3 Å². The maximum Gasteiger partial charge on any atom is 0.266 e. The number of nitrogens with one attached hydrogen (secondary N) is 2. The van der Waals surface area contributed by atoms with Crippen LogP contribution >= 0.6 is 0 Å². The van der Waals surface area contributed by atoms with Crippen molar-refractivity contribution in [3.05, 3.63) is 81.5 Å². The number of para-hydroxylation sites is 1. The quantitative estimate of drug-likeness (QED) is 0.392. The zero-order valence-corrected chi connectivity index (χ0v) is 20.0. The molecule has 2 heterocycles. The van der Waals surface area contributed by atoms with Crippen molar-refractivity contribution in [2.45, 2.75) is 40.2 Å². The minimum Gasteiger partial charge on any atom is -0.359 e. The van der Waals surface area contributed by atoms with Crippen LogP contribution in [-0.4, -0.2) is 32.3 Å². The van der Waals surface area contributed by atoms with Crippen LogP contribution in [0.5, 0.6) is 0 Å². The molecule has 0 aliphatic carbocycles. The van der Waals surface area contributed by atoms with E-state index < -0.39 is 6.04 Å². The maximum atomic E-state index is 13.8. The molecule has 1 unspecified atom stereocenters. The Morgan fingerprint density at radius 3 is 2.41 bits per heavy atom. The minimum absolute atomic E-state index is 0.133. The lowest BCUT2D eigenvalue weighted by atomic mass is 10.1. The third-order valence-electron chi connectivity index (χ3n) is 5.84. The lowest BCUT2D eigenvalue weighted by molar-refractivity contribution is 0.101. The summed E-state index contributed by atoms with van der Waals surface area (Å²) in [4.78, 5) is 40.0. The highest BCUT2D eigenvalue weighted by atomic mass is 16.1. The lowest BCUT2D eigenvalue weighted by Crippen LogP contribution is -2.29. The number of aromatic nitrogens is 4. The molecule has 0 amide bonds. The number of ketones is 1. The summed E-state index contributed by atoms with van der Waals surface area (Å²) in [6, 6.07) is 14.7. The molecule has 8 heteroatoms. The Morgan fingerprint density at radius 2 is 1.76 bits per heavy atom. The molecule has 0 saturated carbocycles. The SMILES string of the molecule is CCC(Nc1nc(NC)nc(C)c1C(C)=O)c1nc2cccc(C)c2c(=O)n1-c1ccccc1. The second kappa shape index (κ2) is 9.43. The predicted octanol–water partition coefficient (Wildman–Crippen LogP) is 4.60. The van der Waals surface area contributed by atoms with E-state index in [0.717, 1.165) is 11.3 Å². The molecule has 4 rings (SSSR count). The van der Waals surface area contributed by atoms with Crippen molar-refractivity contribution >= 4 is 28.5 Å². The van der Waals surface area contributed by atoms with Gasteiger partial charge in [0.15, 0.2) is 5.78 Å². The van der Waals surface area contributed by atoms with Gasteiger partial charge in [-0.15, -0.1) is 0 Å². The first-order valence-corrected chi connectivity index (χ1v) is 11.3. The molecule has 0 radical (unpaired) electrons. The van der Waals surface area contributed by atoms with E-state index in [4.69, 9.17) is 4.98 Å². The fraction of sp³-hybridized carbons (Fsp3) is 0.269. The summed E-state index contributed by atoms with van der Waals surface area (Å²) in [5.74, 6) is 1.23. The average Bonchev–Trinajstić information content (AvgIpc) is 2.82. The zero-order chi connectivity index (χ0) is 24.4. The number of carbonyl (C=O) groups is 1. The normalized spacial score (nSPS) is 11.9. The van der Waals surface area contributed by atoms with Gasteiger partial charge in [-0.2, -0.15) is 4.98 Å². The Kier molecular flexibility index (Phi) is 6.40. The highest BCUT2D eigenvalue weighted by Crippen LogP contribution is 2.27. The molecule has 0 aliphatic rings. The van der Waals surface area contributed by atoms with Gasteiger partial charge in [0.1, 0.15) is 11.6 Å². The van der Waals surface area contributed by atoms with Crippen molar-refractivity contribution < 1.29 is 4.79 Å². The number of Topliss-reactive ketones (excluding diaryl/α,β-unsaturated/α-hetero) is 1. The van der Waals surface area contributed by atoms with Crippen molar-refractivity contribution in [1.29, 1.82) is 0 Å². The van der Waals surface area contributed by atoms with Crippen LogP contribution in [-0.2, 0) is 0 Å². The number of benzene rings is 2. The number of hydrogen-bond acceptors (Lipinski definition) is 7. The summed E-state index contributed by atoms with van der Waals surface area (Å²) < 4.78 is 1.65. The van der Waals surface area contributed by atoms with E-state index in [0.29, 0.717) is 46.2 Å². The van der Waals surface area contributed by atoms with Gasteiger partial charge in [-0.05, 0) is 51.0 Å². The second-order valence-corrected chi connectivity index (χ2v) is 8.18. The van der Waals surface area contributed by atoms with Crippen LogP contribution in [0.2, 0.25) is 0 Å². The first-order chi connectivity index (χ1) is 16.3. The fourth-order valence-electron chi connectivity index (χ4n) is 4.20. The van der Waals surface area contributed by atoms with Gasteiger partial charge in [-0.3, -0.25) is 14.2 Å². The Balaban J connectivity index is 1.97. The molecule has 2 aromatic carbocycles. The molecule has 0 fully saturated rings. The molecular formula is C26H28N6O2. The van der Waals surface area contributed by atoms with Crippen molar-refractivity contribution in [3.8, 4) is 5.69 Å². The molecule has 0 saturated heterocycles. The molecule has 34 heavy (non-hydrogen) atoms. The van der Waals surface area contributed by atoms with Crippen LogP contribution < -0.4 is 16.2 Å². The van der Waals surface area contributed by atoms with Crippen molar-refractivity contribution in [1.82, 2.24) is 19.5 Å². The smallest absolute Gasteiger partial charge is 0.266 e. The minimum atomic E-state index is -0.394. The first-order valence-electron chi connectivity index (χ1n) is 11.3. The maximum absolute atomic E-state index is 13.8. The van der Waals surface area contributed by atoms with Gasteiger partial charge in [0.25, 0.3) is 5.56 Å². The number of carbonyl (C=O) groups excluding carboxylic acids is 1. The number of hydrogen-bond donors (Lipinski definition) is 2. The van der Waals surface area contributed by atoms with Gasteiger partial charge in [-0.25, -0.2) is 9.97 Å². The van der Waals surface area contributed by atoms with Crippen molar-refractivity contribution in [2.75, 3.05) is 17.7 Å². The summed E-state index contributed by atoms with van der Waals surface area (Å²) in [6.45, 7) is 7.19. The fourth-order valence-corrected chi connectivity index (χ4v) is 4.20. The lowest BCUT2D eigenvalue weighted by Gasteiger charge is -2.23. The first kappa shape index (κ1) is 23.1. The number of nitrogens with zero attached hydrogens (tertiary/aromatic N) is 4. The highest BCUT2D eigenvalue weighted by molar-refractivity contribution is 6.00. The molecule has 1 atom stereocenters. The Hall–Kier alpha value is -4.07. The monoisotopic (exact) mass is 456 g/mol. The summed E-state index contributed by atoms with van der Waals surface area (Å²) in [5.41, 5.74) is 3.09. The molecular weight excluding hydrogens is 428 g/mol. The molecule has 0 spiro atoms. The average molecular weight is 457 g/mol. The molecule has 0 bridgehead atoms. The Bertz CT molecular complexity index is 1430. The van der Waals surface area contributed by atoms with Crippen LogP contribution in [0, 0.1) is 13.8 Å². The van der Waals surface area contributed by atoms with Gasteiger partial charge in [0, 0.05) is 7.05 Å². The predicted molar refractivity (Wildman–Crippen MR) is 135 cm³/mol. The largest absolute Gasteiger partial charge is 0.359 e. The van der Waals surface area contributed by atoms with Crippen LogP contribution in [0.3, 0.4) is 0 Å². The molecule has 4 aromatic rings. The molecule has 0 aliphatic heterocycles. The number of aryl methyl sites for hydroxylation is 2. The van der Waals surface area contributed by atoms with E-state index in [2.05, 4.69) is 20.6 Å². The summed E-state index contributed by atoms with van der Waals surface area (Å²) >= 11 is 0. The number of rotatable bonds is 7. The topological polar surface area (TPSA) is 102 Å². The van der Waals surface area contributed by atoms with Crippen molar-refractivity contribution in [2.24, 2.45) is 0 Å². The van der Waals surface area contributed by atoms with Gasteiger partial charge in [0.2, 0.25) is 5.95 Å². The summed E-state index contributed by atoms with van der Waals surface area (Å²) in [5, 5.41) is 6.92. The number of anilines is 2. The Morgan fingerprint density at radius 1 is 1.03 bits per heavy atom. The van der Waals surface area contributed by atoms with E-state index in [1.807, 2.05) is 62.4 Å². The third-order valence-corrected chi connectivity index (χ3v) is 5.84. The van der Waals surface area contributed by atoms with Crippen LogP contribution in [0.4, 0.5) is 11.8 Å². The zero-order valence-electron chi connectivity index (χ0n) is 20.0. The second-order valence-electron chi connectivity index (χ2n) is 8.18. The van der Waals surface area contributed by atoms with Gasteiger partial charge >= 0.3 is 0 Å². The van der Waals surface area contributed by atoms with Gasteiger partial charge in [0.05, 0.1) is 33.9 Å². The van der Waals surface area contributed by atoms with Crippen LogP contribution in [0.25, 0.3) is 16.6 Å². The van der Waals surface area contributed by atoms with E-state index in [1.54, 1.807) is 18.5 Å². The van der Waals surface area contributed by atoms with E-state index in [-0.39, 0.29) is 11.3 Å². The van der Waals surface area contributed by atoms with E-state index in [1.165, 1.54) is 6.92 Å². The Labute approximate surface area is 198 Å². The number of fused-ring (bicyclic) bond motifs is 1. The third kappa shape index (κ3) is 4.14. The molecule has 2 N–H and O–H groups in total. The summed E-state index contributed by atoms with van der Waals surface area (Å²) in [7, 11) is 1.73. The van der Waals surface area contributed by atoms with Gasteiger partial charge in [-0.1, -0.05) is 37.3 Å². The standard InChI is InChI=1S/C26H28N6O2/c1-6-19(29-23-22(17(4)33)16(3)28-26(27-5)31-23)24-30-20-14-10-11-15(2)21(20)25(34)32(24)18-12-8-7-9-13-18/h7-14,19H,6H2,1-5H3,(H2,27,28,29,31). The molecule has 2 aromatic heterocycles. The summed E-state index contributed by atoms with van der Waals surface area (Å²) in [6.07, 6.45) is 0.603. The molecule has 174 valence electrons.